The van der Waals surface area contributed by atoms with Crippen LogP contribution < -0.4 is 5.32 Å². The van der Waals surface area contributed by atoms with Crippen LogP contribution in [0.5, 0.6) is 0 Å². The summed E-state index contributed by atoms with van der Waals surface area (Å²) in [6, 6.07) is 8.22. The van der Waals surface area contributed by atoms with Crippen LogP contribution in [0.1, 0.15) is 48.6 Å². The number of benzene rings is 1. The number of carbonyl (C=O) groups is 1. The number of nitrogens with one attached hydrogen (secondary N) is 2. The SMILES string of the molecule is Cc1cccc(C2(C(=O)NC[C@@H]3C[C@@H](c4ncn[nH]4)C[C@@H]3O)CC2)c1. The minimum absolute atomic E-state index is 0.0624. The molecule has 0 aliphatic heterocycles. The third-order valence-electron chi connectivity index (χ3n) is 5.76. The van der Waals surface area contributed by atoms with Gasteiger partial charge in [0.1, 0.15) is 12.2 Å². The maximum Gasteiger partial charge on any atom is 0.230 e. The van der Waals surface area contributed by atoms with Gasteiger partial charge in [0.15, 0.2) is 0 Å². The lowest BCUT2D eigenvalue weighted by atomic mass is 9.93. The van der Waals surface area contributed by atoms with Crippen molar-refractivity contribution >= 4 is 5.91 Å². The number of H-pyrrole nitrogens is 1. The molecule has 3 atom stereocenters. The molecule has 2 aromatic rings. The number of aromatic nitrogens is 3. The number of aromatic amines is 1. The van der Waals surface area contributed by atoms with E-state index in [0.717, 1.165) is 30.7 Å². The molecule has 1 aromatic carbocycles. The maximum absolute atomic E-state index is 12.8. The van der Waals surface area contributed by atoms with Crippen LogP contribution in [-0.2, 0) is 10.2 Å². The van der Waals surface area contributed by atoms with Crippen molar-refractivity contribution in [1.82, 2.24) is 20.5 Å². The van der Waals surface area contributed by atoms with Gasteiger partial charge in [0.2, 0.25) is 5.91 Å². The number of hydrogen-bond acceptors (Lipinski definition) is 4. The van der Waals surface area contributed by atoms with Gasteiger partial charge in [0.25, 0.3) is 0 Å². The van der Waals surface area contributed by atoms with Crippen LogP contribution in [0.3, 0.4) is 0 Å². The van der Waals surface area contributed by atoms with Gasteiger partial charge in [-0.15, -0.1) is 0 Å². The van der Waals surface area contributed by atoms with Gasteiger partial charge in [-0.3, -0.25) is 9.89 Å². The highest BCUT2D eigenvalue weighted by molar-refractivity contribution is 5.91. The Hall–Kier alpha value is -2.21. The predicted molar refractivity (Wildman–Crippen MR) is 93.0 cm³/mol. The second-order valence-electron chi connectivity index (χ2n) is 7.53. The van der Waals surface area contributed by atoms with Gasteiger partial charge >= 0.3 is 0 Å². The number of aliphatic hydroxyl groups is 1. The summed E-state index contributed by atoms with van der Waals surface area (Å²) in [6.07, 6.45) is 4.36. The van der Waals surface area contributed by atoms with Crippen LogP contribution in [0.15, 0.2) is 30.6 Å². The van der Waals surface area contributed by atoms with Crippen molar-refractivity contribution in [3.63, 3.8) is 0 Å². The van der Waals surface area contributed by atoms with E-state index in [1.807, 2.05) is 12.1 Å². The van der Waals surface area contributed by atoms with Crippen molar-refractivity contribution in [2.75, 3.05) is 6.54 Å². The van der Waals surface area contributed by atoms with E-state index in [0.29, 0.717) is 13.0 Å². The van der Waals surface area contributed by atoms with Crippen molar-refractivity contribution in [3.05, 3.63) is 47.5 Å². The molecule has 25 heavy (non-hydrogen) atoms. The van der Waals surface area contributed by atoms with Crippen molar-refractivity contribution in [2.45, 2.75) is 50.0 Å². The number of aliphatic hydroxyl groups excluding tert-OH is 1. The Bertz CT molecular complexity index is 755. The number of carbonyl (C=O) groups excluding carboxylic acids is 1. The first-order valence-corrected chi connectivity index (χ1v) is 8.97. The zero-order valence-electron chi connectivity index (χ0n) is 14.4. The summed E-state index contributed by atoms with van der Waals surface area (Å²) in [6.45, 7) is 2.56. The fraction of sp³-hybridized carbons (Fsp3) is 0.526. The summed E-state index contributed by atoms with van der Waals surface area (Å²) in [5, 5.41) is 20.2. The molecular weight excluding hydrogens is 316 g/mol. The summed E-state index contributed by atoms with van der Waals surface area (Å²) < 4.78 is 0. The van der Waals surface area contributed by atoms with Gasteiger partial charge in [-0.05, 0) is 38.2 Å². The fourth-order valence-corrected chi connectivity index (χ4v) is 4.06. The number of aryl methyl sites for hydroxylation is 1. The number of amides is 1. The standard InChI is InChI=1S/C19H24N4O2/c1-12-3-2-4-15(7-12)19(5-6-19)18(25)20-10-14-8-13(9-16(14)24)17-21-11-22-23-17/h2-4,7,11,13-14,16,24H,5-6,8-10H2,1H3,(H,20,25)(H,21,22,23)/t13-,14+,16+/m1/s1. The average molecular weight is 340 g/mol. The molecule has 0 bridgehead atoms. The highest BCUT2D eigenvalue weighted by Gasteiger charge is 2.51. The minimum Gasteiger partial charge on any atom is -0.393 e. The molecule has 6 heteroatoms. The molecule has 2 aliphatic carbocycles. The van der Waals surface area contributed by atoms with E-state index >= 15 is 0 Å². The molecule has 0 spiro atoms. The maximum atomic E-state index is 12.8. The molecule has 132 valence electrons. The fourth-order valence-electron chi connectivity index (χ4n) is 4.06. The number of nitrogens with zero attached hydrogens (tertiary/aromatic N) is 2. The molecule has 1 aromatic heterocycles. The molecule has 4 rings (SSSR count). The van der Waals surface area contributed by atoms with Crippen LogP contribution in [0.4, 0.5) is 0 Å². The van der Waals surface area contributed by atoms with Gasteiger partial charge in [0.05, 0.1) is 11.5 Å². The van der Waals surface area contributed by atoms with Crippen LogP contribution in [0, 0.1) is 12.8 Å². The molecule has 0 unspecified atom stereocenters. The molecule has 2 saturated carbocycles. The largest absolute Gasteiger partial charge is 0.393 e. The van der Waals surface area contributed by atoms with Crippen molar-refractivity contribution in [3.8, 4) is 0 Å². The van der Waals surface area contributed by atoms with E-state index in [1.165, 1.54) is 11.9 Å². The van der Waals surface area contributed by atoms with E-state index in [2.05, 4.69) is 39.6 Å². The number of hydrogen-bond donors (Lipinski definition) is 3. The summed E-state index contributed by atoms with van der Waals surface area (Å²) in [5.41, 5.74) is 1.93. The van der Waals surface area contributed by atoms with E-state index in [-0.39, 0.29) is 23.2 Å². The molecule has 1 amide bonds. The Labute approximate surface area is 147 Å². The Kier molecular flexibility index (Phi) is 4.07. The predicted octanol–water partition coefficient (Wildman–Crippen LogP) is 1.82. The lowest BCUT2D eigenvalue weighted by Crippen LogP contribution is -2.39. The molecule has 2 aliphatic rings. The van der Waals surface area contributed by atoms with E-state index < -0.39 is 6.10 Å². The molecule has 0 saturated heterocycles. The summed E-state index contributed by atoms with van der Waals surface area (Å²) in [4.78, 5) is 17.0. The highest BCUT2D eigenvalue weighted by atomic mass is 16.3. The van der Waals surface area contributed by atoms with E-state index in [4.69, 9.17) is 0 Å². The zero-order chi connectivity index (χ0) is 17.4. The summed E-state index contributed by atoms with van der Waals surface area (Å²) >= 11 is 0. The highest BCUT2D eigenvalue weighted by Crippen LogP contribution is 2.48. The first kappa shape index (κ1) is 16.3. The normalized spacial score (nSPS) is 27.2. The number of rotatable bonds is 5. The van der Waals surface area contributed by atoms with Gasteiger partial charge in [-0.1, -0.05) is 29.8 Å². The lowest BCUT2D eigenvalue weighted by Gasteiger charge is -2.20. The Morgan fingerprint density at radius 3 is 2.92 bits per heavy atom. The van der Waals surface area contributed by atoms with Crippen LogP contribution in [0.2, 0.25) is 0 Å². The van der Waals surface area contributed by atoms with Crippen LogP contribution in [0.25, 0.3) is 0 Å². The molecule has 0 radical (unpaired) electrons. The third-order valence-corrected chi connectivity index (χ3v) is 5.76. The van der Waals surface area contributed by atoms with Gasteiger partial charge < -0.3 is 10.4 Å². The Morgan fingerprint density at radius 2 is 2.24 bits per heavy atom. The quantitative estimate of drug-likeness (QED) is 0.774. The van der Waals surface area contributed by atoms with Crippen LogP contribution >= 0.6 is 0 Å². The molecule has 6 nitrogen and oxygen atoms in total. The Balaban J connectivity index is 1.38. The van der Waals surface area contributed by atoms with Crippen molar-refractivity contribution in [2.24, 2.45) is 5.92 Å². The second kappa shape index (κ2) is 6.26. The molecule has 2 fully saturated rings. The topological polar surface area (TPSA) is 90.9 Å². The first-order chi connectivity index (χ1) is 12.1. The average Bonchev–Trinajstić information content (AvgIpc) is 3.07. The lowest BCUT2D eigenvalue weighted by molar-refractivity contribution is -0.123. The van der Waals surface area contributed by atoms with Crippen molar-refractivity contribution < 1.29 is 9.90 Å². The molecular formula is C19H24N4O2. The smallest absolute Gasteiger partial charge is 0.230 e. The van der Waals surface area contributed by atoms with E-state index in [9.17, 15) is 9.90 Å². The van der Waals surface area contributed by atoms with E-state index in [1.54, 1.807) is 0 Å². The van der Waals surface area contributed by atoms with Crippen molar-refractivity contribution in [1.29, 1.82) is 0 Å². The first-order valence-electron chi connectivity index (χ1n) is 8.97. The Morgan fingerprint density at radius 1 is 1.40 bits per heavy atom. The van der Waals surface area contributed by atoms with Crippen LogP contribution in [-0.4, -0.2) is 38.8 Å². The third kappa shape index (κ3) is 3.06. The monoisotopic (exact) mass is 340 g/mol. The molecule has 3 N–H and O–H groups in total. The minimum atomic E-state index is -0.412. The summed E-state index contributed by atoms with van der Waals surface area (Å²) in [5.74, 6) is 1.16. The summed E-state index contributed by atoms with van der Waals surface area (Å²) in [7, 11) is 0. The van der Waals surface area contributed by atoms with Gasteiger partial charge in [-0.25, -0.2) is 4.98 Å². The zero-order valence-corrected chi connectivity index (χ0v) is 14.4. The van der Waals surface area contributed by atoms with Gasteiger partial charge in [-0.2, -0.15) is 5.10 Å². The van der Waals surface area contributed by atoms with Gasteiger partial charge in [0, 0.05) is 18.4 Å². The molecule has 1 heterocycles. The second-order valence-corrected chi connectivity index (χ2v) is 7.53.